The second kappa shape index (κ2) is 13.2. The van der Waals surface area contributed by atoms with Gasteiger partial charge in [0.25, 0.3) is 5.92 Å². The van der Waals surface area contributed by atoms with E-state index >= 15 is 0 Å². The minimum absolute atomic E-state index is 0.189. The number of rotatable bonds is 8. The van der Waals surface area contributed by atoms with Gasteiger partial charge in [0.15, 0.2) is 5.13 Å². The summed E-state index contributed by atoms with van der Waals surface area (Å²) in [5.74, 6) is -3.71. The molecule has 246 valence electrons. The Hall–Kier alpha value is -4.23. The lowest BCUT2D eigenvalue weighted by Gasteiger charge is -2.32. The first-order chi connectivity index (χ1) is 21.3. The van der Waals surface area contributed by atoms with Crippen molar-refractivity contribution in [1.29, 1.82) is 0 Å². The number of carbonyl (C=O) groups excluding carboxylic acids is 2. The molecule has 0 bridgehead atoms. The van der Waals surface area contributed by atoms with Crippen LogP contribution < -0.4 is 10.2 Å². The molecule has 2 aromatic heterocycles. The molecule has 2 N–H and O–H groups in total. The molecule has 0 radical (unpaired) electrons. The van der Waals surface area contributed by atoms with Gasteiger partial charge in [0.2, 0.25) is 5.95 Å². The monoisotopic (exact) mass is 658 g/mol. The van der Waals surface area contributed by atoms with E-state index in [2.05, 4.69) is 15.3 Å². The number of nitrogens with zero attached hydrogens (tertiary/aromatic N) is 3. The van der Waals surface area contributed by atoms with Gasteiger partial charge in [0.05, 0.1) is 17.5 Å². The van der Waals surface area contributed by atoms with Crippen molar-refractivity contribution in [2.45, 2.75) is 77.7 Å². The van der Waals surface area contributed by atoms with Crippen LogP contribution in [0.2, 0.25) is 0 Å². The highest BCUT2D eigenvalue weighted by Crippen LogP contribution is 2.35. The van der Waals surface area contributed by atoms with Gasteiger partial charge in [-0.3, -0.25) is 4.90 Å². The average Bonchev–Trinajstić information content (AvgIpc) is 3.42. The zero-order chi connectivity index (χ0) is 34.0. The van der Waals surface area contributed by atoms with Gasteiger partial charge in [-0.2, -0.15) is 4.39 Å². The molecule has 46 heavy (non-hydrogen) atoms. The minimum atomic E-state index is -3.09. The predicted molar refractivity (Wildman–Crippen MR) is 171 cm³/mol. The average molecular weight is 659 g/mol. The zero-order valence-corrected chi connectivity index (χ0v) is 27.4. The molecule has 13 heteroatoms. The van der Waals surface area contributed by atoms with Crippen LogP contribution >= 0.6 is 11.3 Å². The Kier molecular flexibility index (Phi) is 9.98. The topological polar surface area (TPSA) is 114 Å². The number of anilines is 1. The first-order valence-electron chi connectivity index (χ1n) is 14.5. The SMILES string of the molecule is CC(C)(C)OC(=O)NC(CN(C(=O)OC(C)(C)C)c1ncc(-c2ccc3cnc(F)cc3c2)s1)C(O)c1ccc(C(C)(F)F)cc1. The fourth-order valence-corrected chi connectivity index (χ4v) is 5.34. The molecule has 2 amide bonds. The summed E-state index contributed by atoms with van der Waals surface area (Å²) in [6, 6.07) is 10.5. The maximum absolute atomic E-state index is 13.9. The summed E-state index contributed by atoms with van der Waals surface area (Å²) in [7, 11) is 0. The molecule has 4 rings (SSSR count). The molecule has 0 aliphatic carbocycles. The number of alkyl carbamates (subject to hydrolysis) is 1. The van der Waals surface area contributed by atoms with Crippen molar-refractivity contribution in [2.24, 2.45) is 0 Å². The number of hydrogen-bond donors (Lipinski definition) is 2. The fourth-order valence-electron chi connectivity index (χ4n) is 4.42. The van der Waals surface area contributed by atoms with E-state index in [9.17, 15) is 27.9 Å². The molecular formula is C33H37F3N4O5S. The van der Waals surface area contributed by atoms with Gasteiger partial charge in [0, 0.05) is 36.3 Å². The smallest absolute Gasteiger partial charge is 0.416 e. The Morgan fingerprint density at radius 3 is 2.17 bits per heavy atom. The van der Waals surface area contributed by atoms with Crippen LogP contribution in [-0.2, 0) is 15.4 Å². The number of fused-ring (bicyclic) bond motifs is 1. The van der Waals surface area contributed by atoms with E-state index in [0.717, 1.165) is 23.6 Å². The van der Waals surface area contributed by atoms with Crippen molar-refractivity contribution >= 4 is 39.4 Å². The van der Waals surface area contributed by atoms with Crippen LogP contribution in [0.25, 0.3) is 21.2 Å². The third-order valence-corrected chi connectivity index (χ3v) is 7.60. The molecule has 2 aromatic carbocycles. The molecule has 0 saturated carbocycles. The largest absolute Gasteiger partial charge is 0.444 e. The lowest BCUT2D eigenvalue weighted by molar-refractivity contribution is 0.0173. The molecule has 0 saturated heterocycles. The number of thiazole rings is 1. The summed E-state index contributed by atoms with van der Waals surface area (Å²) < 4.78 is 52.6. The van der Waals surface area contributed by atoms with Crippen molar-refractivity contribution in [1.82, 2.24) is 15.3 Å². The molecule has 0 aliphatic heterocycles. The third kappa shape index (κ3) is 9.16. The zero-order valence-electron chi connectivity index (χ0n) is 26.6. The van der Waals surface area contributed by atoms with Gasteiger partial charge in [-0.1, -0.05) is 47.7 Å². The number of aliphatic hydroxyl groups is 1. The number of carbonyl (C=O) groups is 2. The van der Waals surface area contributed by atoms with Crippen LogP contribution in [0.1, 0.15) is 65.7 Å². The standard InChI is InChI=1S/C33H37F3N4O5S/c1-31(2,3)44-29(42)39-24(27(41)19-10-12-23(13-11-19)33(7,35)36)18-40(30(43)45-32(4,5)6)28-38-17-25(46-28)20-8-9-21-16-37-26(34)15-22(21)14-20/h8-17,24,27,41H,18H2,1-7H3,(H,39,42). The molecule has 2 heterocycles. The van der Waals surface area contributed by atoms with Crippen LogP contribution in [0.4, 0.5) is 27.9 Å². The van der Waals surface area contributed by atoms with Crippen LogP contribution in [0.3, 0.4) is 0 Å². The van der Waals surface area contributed by atoms with Crippen molar-refractivity contribution in [3.05, 3.63) is 78.0 Å². The Bertz CT molecular complexity index is 1690. The number of hydrogen-bond acceptors (Lipinski definition) is 8. The van der Waals surface area contributed by atoms with Crippen LogP contribution in [-0.4, -0.2) is 51.0 Å². The van der Waals surface area contributed by atoms with E-state index < -0.39 is 47.4 Å². The van der Waals surface area contributed by atoms with Gasteiger partial charge in [-0.15, -0.1) is 0 Å². The van der Waals surface area contributed by atoms with E-state index in [-0.39, 0.29) is 22.8 Å². The predicted octanol–water partition coefficient (Wildman–Crippen LogP) is 7.98. The van der Waals surface area contributed by atoms with Crippen LogP contribution in [0.5, 0.6) is 0 Å². The first-order valence-corrected chi connectivity index (χ1v) is 15.3. The van der Waals surface area contributed by atoms with Gasteiger partial charge in [0.1, 0.15) is 17.3 Å². The molecule has 0 aliphatic rings. The van der Waals surface area contributed by atoms with Crippen LogP contribution in [0, 0.1) is 5.95 Å². The Morgan fingerprint density at radius 2 is 1.57 bits per heavy atom. The number of aromatic nitrogens is 2. The quantitative estimate of drug-likeness (QED) is 0.185. The summed E-state index contributed by atoms with van der Waals surface area (Å²) in [6.07, 6.45) is -0.145. The van der Waals surface area contributed by atoms with E-state index in [1.54, 1.807) is 59.9 Å². The van der Waals surface area contributed by atoms with Crippen molar-refractivity contribution in [3.63, 3.8) is 0 Å². The van der Waals surface area contributed by atoms with Crippen molar-refractivity contribution in [3.8, 4) is 10.4 Å². The number of halogens is 3. The summed E-state index contributed by atoms with van der Waals surface area (Å²) >= 11 is 1.14. The second-order valence-corrected chi connectivity index (χ2v) is 13.9. The molecular weight excluding hydrogens is 621 g/mol. The Labute approximate surface area is 269 Å². The summed E-state index contributed by atoms with van der Waals surface area (Å²) in [6.45, 7) is 10.5. The van der Waals surface area contributed by atoms with Crippen molar-refractivity contribution in [2.75, 3.05) is 11.4 Å². The third-order valence-electron chi connectivity index (χ3n) is 6.53. The molecule has 4 aromatic rings. The highest BCUT2D eigenvalue weighted by molar-refractivity contribution is 7.19. The normalized spacial score (nSPS) is 13.6. The molecule has 0 spiro atoms. The van der Waals surface area contributed by atoms with Gasteiger partial charge in [-0.05, 0) is 64.1 Å². The maximum atomic E-state index is 13.9. The lowest BCUT2D eigenvalue weighted by atomic mass is 9.99. The number of pyridine rings is 1. The summed E-state index contributed by atoms with van der Waals surface area (Å²) in [5, 5.41) is 15.6. The Balaban J connectivity index is 1.72. The van der Waals surface area contributed by atoms with E-state index in [1.165, 1.54) is 41.4 Å². The number of amides is 2. The summed E-state index contributed by atoms with van der Waals surface area (Å²) in [4.78, 5) is 36.5. The molecule has 2 unspecified atom stereocenters. The molecule has 0 fully saturated rings. The first kappa shape index (κ1) is 34.6. The number of aliphatic hydroxyl groups excluding tert-OH is 1. The highest BCUT2D eigenvalue weighted by Gasteiger charge is 2.34. The Morgan fingerprint density at radius 1 is 0.913 bits per heavy atom. The number of ether oxygens (including phenoxy) is 2. The number of alkyl halides is 2. The molecule has 2 atom stereocenters. The number of nitrogens with one attached hydrogen (secondary N) is 1. The summed E-state index contributed by atoms with van der Waals surface area (Å²) in [5.41, 5.74) is -1.10. The van der Waals surface area contributed by atoms with E-state index in [0.29, 0.717) is 15.8 Å². The van der Waals surface area contributed by atoms with Gasteiger partial charge < -0.3 is 19.9 Å². The van der Waals surface area contributed by atoms with E-state index in [4.69, 9.17) is 9.47 Å². The fraction of sp³-hybridized carbons (Fsp3) is 0.394. The van der Waals surface area contributed by atoms with Crippen LogP contribution in [0.15, 0.2) is 60.9 Å². The van der Waals surface area contributed by atoms with Gasteiger partial charge in [-0.25, -0.2) is 28.3 Å². The minimum Gasteiger partial charge on any atom is -0.444 e. The van der Waals surface area contributed by atoms with E-state index in [1.807, 2.05) is 6.07 Å². The number of benzene rings is 2. The van der Waals surface area contributed by atoms with Crippen molar-refractivity contribution < 1.29 is 37.3 Å². The van der Waals surface area contributed by atoms with Gasteiger partial charge >= 0.3 is 12.2 Å². The lowest BCUT2D eigenvalue weighted by Crippen LogP contribution is -2.51. The molecule has 9 nitrogen and oxygen atoms in total. The highest BCUT2D eigenvalue weighted by atomic mass is 32.1. The second-order valence-electron chi connectivity index (χ2n) is 12.9. The maximum Gasteiger partial charge on any atom is 0.416 e.